The largest absolute Gasteiger partial charge is 0.463 e. The molecular weight excluding hydrogens is 182 g/mol. The Morgan fingerprint density at radius 2 is 2.43 bits per heavy atom. The van der Waals surface area contributed by atoms with Gasteiger partial charge in [-0.25, -0.2) is 9.78 Å². The molecule has 0 atom stereocenters. The minimum absolute atomic E-state index is 0.373. The molecule has 2 rings (SSSR count). The van der Waals surface area contributed by atoms with Crippen molar-refractivity contribution < 1.29 is 9.53 Å². The Balaban J connectivity index is 2.43. The maximum Gasteiger partial charge on any atom is 0.374 e. The normalized spacial score (nSPS) is 15.0. The lowest BCUT2D eigenvalue weighted by Gasteiger charge is -2.12. The van der Waals surface area contributed by atoms with E-state index in [1.807, 2.05) is 7.05 Å². The average Bonchev–Trinajstić information content (AvgIpc) is 2.56. The minimum atomic E-state index is -0.373. The minimum Gasteiger partial charge on any atom is -0.463 e. The topological polar surface area (TPSA) is 56.1 Å². The molecule has 76 valence electrons. The number of hydrogen-bond acceptors (Lipinski definition) is 4. The number of aromatic nitrogens is 2. The third kappa shape index (κ3) is 1.29. The van der Waals surface area contributed by atoms with E-state index in [0.29, 0.717) is 5.82 Å². The molecule has 14 heavy (non-hydrogen) atoms. The number of methoxy groups -OCH3 is 1. The number of esters is 1. The Hall–Kier alpha value is -1.36. The summed E-state index contributed by atoms with van der Waals surface area (Å²) >= 11 is 0. The SMILES string of the molecule is COC(=O)c1nc2c(n1C)CNCC2. The molecule has 1 N–H and O–H groups in total. The lowest BCUT2D eigenvalue weighted by Crippen LogP contribution is -2.25. The molecule has 5 nitrogen and oxygen atoms in total. The third-order valence-electron chi connectivity index (χ3n) is 2.50. The average molecular weight is 195 g/mol. The molecule has 0 amide bonds. The Morgan fingerprint density at radius 3 is 3.07 bits per heavy atom. The van der Waals surface area contributed by atoms with E-state index in [1.165, 1.54) is 7.11 Å². The van der Waals surface area contributed by atoms with Gasteiger partial charge in [0.15, 0.2) is 0 Å². The van der Waals surface area contributed by atoms with Crippen LogP contribution < -0.4 is 5.32 Å². The second-order valence-corrected chi connectivity index (χ2v) is 3.31. The number of rotatable bonds is 1. The maximum atomic E-state index is 11.3. The highest BCUT2D eigenvalue weighted by Crippen LogP contribution is 2.14. The van der Waals surface area contributed by atoms with Crippen LogP contribution in [0.25, 0.3) is 0 Å². The van der Waals surface area contributed by atoms with Gasteiger partial charge in [-0.2, -0.15) is 0 Å². The van der Waals surface area contributed by atoms with E-state index in [-0.39, 0.29) is 5.97 Å². The summed E-state index contributed by atoms with van der Waals surface area (Å²) in [6, 6.07) is 0. The fraction of sp³-hybridized carbons (Fsp3) is 0.556. The summed E-state index contributed by atoms with van der Waals surface area (Å²) < 4.78 is 6.45. The van der Waals surface area contributed by atoms with Crippen LogP contribution in [0.3, 0.4) is 0 Å². The molecule has 0 bridgehead atoms. The molecule has 0 aliphatic carbocycles. The van der Waals surface area contributed by atoms with Crippen LogP contribution in [-0.2, 0) is 24.8 Å². The molecule has 1 aromatic heterocycles. The first kappa shape index (κ1) is 9.21. The van der Waals surface area contributed by atoms with E-state index in [0.717, 1.165) is 30.9 Å². The lowest BCUT2D eigenvalue weighted by molar-refractivity contribution is 0.0582. The van der Waals surface area contributed by atoms with E-state index in [2.05, 4.69) is 15.0 Å². The van der Waals surface area contributed by atoms with Gasteiger partial charge in [0.1, 0.15) is 0 Å². The Bertz CT molecular complexity index is 370. The van der Waals surface area contributed by atoms with Gasteiger partial charge < -0.3 is 14.6 Å². The van der Waals surface area contributed by atoms with E-state index in [1.54, 1.807) is 4.57 Å². The predicted molar refractivity (Wildman–Crippen MR) is 50.0 cm³/mol. The van der Waals surface area contributed by atoms with Gasteiger partial charge in [0.05, 0.1) is 18.5 Å². The number of carbonyl (C=O) groups excluding carboxylic acids is 1. The van der Waals surface area contributed by atoms with Crippen molar-refractivity contribution in [2.24, 2.45) is 7.05 Å². The fourth-order valence-corrected chi connectivity index (χ4v) is 1.70. The monoisotopic (exact) mass is 195 g/mol. The van der Waals surface area contributed by atoms with Gasteiger partial charge in [0.2, 0.25) is 5.82 Å². The van der Waals surface area contributed by atoms with Crippen LogP contribution in [0.5, 0.6) is 0 Å². The molecule has 0 aromatic carbocycles. The molecule has 0 unspecified atom stereocenters. The number of nitrogens with zero attached hydrogens (tertiary/aromatic N) is 2. The quantitative estimate of drug-likeness (QED) is 0.633. The number of nitrogens with one attached hydrogen (secondary N) is 1. The molecule has 0 spiro atoms. The van der Waals surface area contributed by atoms with E-state index >= 15 is 0 Å². The number of hydrogen-bond donors (Lipinski definition) is 1. The molecule has 0 saturated carbocycles. The summed E-state index contributed by atoms with van der Waals surface area (Å²) in [4.78, 5) is 15.6. The van der Waals surface area contributed by atoms with Crippen molar-refractivity contribution in [1.82, 2.24) is 14.9 Å². The van der Waals surface area contributed by atoms with Crippen molar-refractivity contribution in [3.05, 3.63) is 17.2 Å². The number of carbonyl (C=O) groups is 1. The lowest BCUT2D eigenvalue weighted by atomic mass is 10.2. The van der Waals surface area contributed by atoms with Crippen molar-refractivity contribution >= 4 is 5.97 Å². The van der Waals surface area contributed by atoms with Gasteiger partial charge in [0, 0.05) is 26.6 Å². The second kappa shape index (κ2) is 3.42. The first-order chi connectivity index (χ1) is 6.74. The molecular formula is C9H13N3O2. The summed E-state index contributed by atoms with van der Waals surface area (Å²) in [7, 11) is 3.21. The van der Waals surface area contributed by atoms with E-state index in [9.17, 15) is 4.79 Å². The van der Waals surface area contributed by atoms with Crippen LogP contribution in [0.1, 0.15) is 22.0 Å². The van der Waals surface area contributed by atoms with Crippen molar-refractivity contribution in [3.8, 4) is 0 Å². The summed E-state index contributed by atoms with van der Waals surface area (Å²) in [5.74, 6) is 0.0168. The van der Waals surface area contributed by atoms with Crippen LogP contribution in [0, 0.1) is 0 Å². The van der Waals surface area contributed by atoms with Crippen LogP contribution in [-0.4, -0.2) is 29.2 Å². The summed E-state index contributed by atoms with van der Waals surface area (Å²) in [6.07, 6.45) is 0.875. The molecule has 0 fully saturated rings. The molecule has 5 heteroatoms. The predicted octanol–water partition coefficient (Wildman–Crippen LogP) is -0.148. The molecule has 1 aliphatic rings. The molecule has 0 radical (unpaired) electrons. The van der Waals surface area contributed by atoms with Gasteiger partial charge in [0.25, 0.3) is 0 Å². The number of fused-ring (bicyclic) bond motifs is 1. The smallest absolute Gasteiger partial charge is 0.374 e. The van der Waals surface area contributed by atoms with Crippen LogP contribution >= 0.6 is 0 Å². The van der Waals surface area contributed by atoms with Crippen molar-refractivity contribution in [1.29, 1.82) is 0 Å². The Labute approximate surface area is 82.1 Å². The second-order valence-electron chi connectivity index (χ2n) is 3.31. The van der Waals surface area contributed by atoms with Crippen LogP contribution in [0.15, 0.2) is 0 Å². The van der Waals surface area contributed by atoms with Gasteiger partial charge in [-0.3, -0.25) is 0 Å². The number of imidazole rings is 1. The first-order valence-electron chi connectivity index (χ1n) is 4.57. The fourth-order valence-electron chi connectivity index (χ4n) is 1.70. The zero-order chi connectivity index (χ0) is 10.1. The highest BCUT2D eigenvalue weighted by molar-refractivity contribution is 5.85. The van der Waals surface area contributed by atoms with Crippen molar-refractivity contribution in [3.63, 3.8) is 0 Å². The maximum absolute atomic E-state index is 11.3. The zero-order valence-corrected chi connectivity index (χ0v) is 8.33. The summed E-state index contributed by atoms with van der Waals surface area (Å²) in [5.41, 5.74) is 2.09. The van der Waals surface area contributed by atoms with Crippen LogP contribution in [0.4, 0.5) is 0 Å². The van der Waals surface area contributed by atoms with E-state index < -0.39 is 0 Å². The van der Waals surface area contributed by atoms with Gasteiger partial charge >= 0.3 is 5.97 Å². The zero-order valence-electron chi connectivity index (χ0n) is 8.33. The van der Waals surface area contributed by atoms with E-state index in [4.69, 9.17) is 0 Å². The third-order valence-corrected chi connectivity index (χ3v) is 2.50. The Morgan fingerprint density at radius 1 is 1.64 bits per heavy atom. The highest BCUT2D eigenvalue weighted by Gasteiger charge is 2.21. The summed E-state index contributed by atoms with van der Waals surface area (Å²) in [6.45, 7) is 1.69. The molecule has 0 saturated heterocycles. The standard InChI is InChI=1S/C9H13N3O2/c1-12-7-5-10-4-3-6(7)11-8(12)9(13)14-2/h10H,3-5H2,1-2H3. The highest BCUT2D eigenvalue weighted by atomic mass is 16.5. The van der Waals surface area contributed by atoms with Gasteiger partial charge in [-0.15, -0.1) is 0 Å². The molecule has 1 aliphatic heterocycles. The van der Waals surface area contributed by atoms with Crippen LogP contribution in [0.2, 0.25) is 0 Å². The summed E-state index contributed by atoms with van der Waals surface area (Å²) in [5, 5.41) is 3.24. The molecule has 1 aromatic rings. The van der Waals surface area contributed by atoms with Crippen molar-refractivity contribution in [2.45, 2.75) is 13.0 Å². The first-order valence-corrected chi connectivity index (χ1v) is 4.57. The Kier molecular flexibility index (Phi) is 2.25. The van der Waals surface area contributed by atoms with Gasteiger partial charge in [-0.1, -0.05) is 0 Å². The van der Waals surface area contributed by atoms with Crippen molar-refractivity contribution in [2.75, 3.05) is 13.7 Å². The molecule has 2 heterocycles. The van der Waals surface area contributed by atoms with Gasteiger partial charge in [-0.05, 0) is 0 Å². The number of ether oxygens (including phenoxy) is 1.